The average molecular weight is 393 g/mol. The lowest BCUT2D eigenvalue weighted by atomic mass is 10.1. The van der Waals surface area contributed by atoms with Crippen LogP contribution >= 0.6 is 23.4 Å². The quantitative estimate of drug-likeness (QED) is 0.780. The van der Waals surface area contributed by atoms with Gasteiger partial charge in [-0.3, -0.25) is 14.5 Å². The molecule has 0 spiro atoms. The van der Waals surface area contributed by atoms with Crippen molar-refractivity contribution in [3.05, 3.63) is 59.4 Å². The predicted octanol–water partition coefficient (Wildman–Crippen LogP) is 4.48. The molecular formula is C19H18ClFN2O2S. The smallest absolute Gasteiger partial charge is 0.242 e. The lowest BCUT2D eigenvalue weighted by Gasteiger charge is -2.25. The van der Waals surface area contributed by atoms with Crippen LogP contribution in [0, 0.1) is 12.7 Å². The van der Waals surface area contributed by atoms with E-state index in [2.05, 4.69) is 5.32 Å². The lowest BCUT2D eigenvalue weighted by Crippen LogP contribution is -2.28. The van der Waals surface area contributed by atoms with Crippen molar-refractivity contribution in [3.8, 4) is 0 Å². The van der Waals surface area contributed by atoms with E-state index in [0.717, 1.165) is 5.56 Å². The number of carbonyl (C=O) groups is 2. The van der Waals surface area contributed by atoms with Crippen LogP contribution in [-0.2, 0) is 9.59 Å². The van der Waals surface area contributed by atoms with Crippen molar-refractivity contribution >= 4 is 46.6 Å². The third kappa shape index (κ3) is 3.86. The van der Waals surface area contributed by atoms with Gasteiger partial charge in [-0.25, -0.2) is 4.39 Å². The van der Waals surface area contributed by atoms with Gasteiger partial charge in [0.15, 0.2) is 0 Å². The highest BCUT2D eigenvalue weighted by Gasteiger charge is 2.34. The monoisotopic (exact) mass is 392 g/mol. The van der Waals surface area contributed by atoms with Crippen molar-refractivity contribution in [1.82, 2.24) is 0 Å². The van der Waals surface area contributed by atoms with Gasteiger partial charge in [-0.15, -0.1) is 23.4 Å². The Morgan fingerprint density at radius 1 is 1.31 bits per heavy atom. The van der Waals surface area contributed by atoms with E-state index in [1.54, 1.807) is 43.0 Å². The number of aryl methyl sites for hydroxylation is 1. The van der Waals surface area contributed by atoms with Crippen LogP contribution in [0.25, 0.3) is 0 Å². The van der Waals surface area contributed by atoms with Gasteiger partial charge < -0.3 is 5.32 Å². The minimum Gasteiger partial charge on any atom is -0.325 e. The Kier molecular flexibility index (Phi) is 5.53. The van der Waals surface area contributed by atoms with Crippen LogP contribution in [0.4, 0.5) is 15.8 Å². The number of rotatable bonds is 4. The van der Waals surface area contributed by atoms with Gasteiger partial charge >= 0.3 is 0 Å². The summed E-state index contributed by atoms with van der Waals surface area (Å²) >= 11 is 7.24. The molecule has 0 radical (unpaired) electrons. The zero-order chi connectivity index (χ0) is 18.8. The summed E-state index contributed by atoms with van der Waals surface area (Å²) in [7, 11) is 0. The minimum atomic E-state index is -0.621. The number of carbonyl (C=O) groups excluding carboxylic acids is 2. The van der Waals surface area contributed by atoms with E-state index < -0.39 is 5.38 Å². The summed E-state index contributed by atoms with van der Waals surface area (Å²) in [6.45, 7) is 3.29. The Balaban J connectivity index is 1.84. The van der Waals surface area contributed by atoms with Crippen LogP contribution in [-0.4, -0.2) is 22.9 Å². The SMILES string of the molecule is Cc1ccc(N2C(=O)CSC2c2ccc(NC(=O)C(C)Cl)cc2)cc1F. The minimum absolute atomic E-state index is 0.0587. The second-order valence-corrected chi connectivity index (χ2v) is 7.81. The highest BCUT2D eigenvalue weighted by Crippen LogP contribution is 2.42. The number of nitrogens with one attached hydrogen (secondary N) is 1. The van der Waals surface area contributed by atoms with Crippen LogP contribution in [0.3, 0.4) is 0 Å². The first-order valence-electron chi connectivity index (χ1n) is 8.11. The summed E-state index contributed by atoms with van der Waals surface area (Å²) in [6, 6.07) is 12.1. The molecule has 2 atom stereocenters. The molecule has 4 nitrogen and oxygen atoms in total. The average Bonchev–Trinajstić information content (AvgIpc) is 2.99. The van der Waals surface area contributed by atoms with Gasteiger partial charge in [-0.2, -0.15) is 0 Å². The van der Waals surface area contributed by atoms with E-state index in [1.807, 2.05) is 12.1 Å². The summed E-state index contributed by atoms with van der Waals surface area (Å²) in [6.07, 6.45) is 0. The molecule has 7 heteroatoms. The lowest BCUT2D eigenvalue weighted by molar-refractivity contribution is -0.116. The van der Waals surface area contributed by atoms with Crippen LogP contribution in [0.5, 0.6) is 0 Å². The van der Waals surface area contributed by atoms with Gasteiger partial charge in [0.25, 0.3) is 0 Å². The first kappa shape index (κ1) is 18.7. The number of hydrogen-bond donors (Lipinski definition) is 1. The van der Waals surface area contributed by atoms with Crippen molar-refractivity contribution in [2.45, 2.75) is 24.6 Å². The molecule has 3 rings (SSSR count). The first-order chi connectivity index (χ1) is 12.4. The molecule has 1 saturated heterocycles. The normalized spacial score (nSPS) is 18.1. The molecule has 0 aromatic heterocycles. The van der Waals surface area contributed by atoms with E-state index in [9.17, 15) is 14.0 Å². The van der Waals surface area contributed by atoms with E-state index >= 15 is 0 Å². The summed E-state index contributed by atoms with van der Waals surface area (Å²) in [5, 5.41) is 1.86. The maximum absolute atomic E-state index is 13.9. The van der Waals surface area contributed by atoms with Crippen molar-refractivity contribution in [2.24, 2.45) is 0 Å². The molecule has 0 saturated carbocycles. The zero-order valence-corrected chi connectivity index (χ0v) is 15.9. The summed E-state index contributed by atoms with van der Waals surface area (Å²) < 4.78 is 13.9. The fraction of sp³-hybridized carbons (Fsp3) is 0.263. The van der Waals surface area contributed by atoms with E-state index in [4.69, 9.17) is 11.6 Å². The van der Waals surface area contributed by atoms with Gasteiger partial charge in [0.05, 0.1) is 5.75 Å². The molecule has 26 heavy (non-hydrogen) atoms. The standard InChI is InChI=1S/C19H18ClFN2O2S/c1-11-3-8-15(9-16(11)21)23-17(24)10-26-19(23)13-4-6-14(7-5-13)22-18(25)12(2)20/h3-9,12,19H,10H2,1-2H3,(H,22,25). The largest absolute Gasteiger partial charge is 0.325 e. The Hall–Kier alpha value is -2.05. The van der Waals surface area contributed by atoms with Crippen LogP contribution in [0.2, 0.25) is 0 Å². The number of halogens is 2. The maximum atomic E-state index is 13.9. The zero-order valence-electron chi connectivity index (χ0n) is 14.3. The molecule has 2 aromatic rings. The van der Waals surface area contributed by atoms with Gasteiger partial charge in [0.2, 0.25) is 11.8 Å². The third-order valence-corrected chi connectivity index (χ3v) is 5.54. The van der Waals surface area contributed by atoms with Gasteiger partial charge in [-0.05, 0) is 49.2 Å². The van der Waals surface area contributed by atoms with Crippen molar-refractivity contribution in [1.29, 1.82) is 0 Å². The summed E-state index contributed by atoms with van der Waals surface area (Å²) in [4.78, 5) is 25.6. The number of anilines is 2. The van der Waals surface area contributed by atoms with E-state index in [-0.39, 0.29) is 23.0 Å². The van der Waals surface area contributed by atoms with Crippen molar-refractivity contribution in [2.75, 3.05) is 16.0 Å². The highest BCUT2D eigenvalue weighted by atomic mass is 35.5. The molecule has 2 aromatic carbocycles. The predicted molar refractivity (Wildman–Crippen MR) is 104 cm³/mol. The van der Waals surface area contributed by atoms with Gasteiger partial charge in [0, 0.05) is 11.4 Å². The number of benzene rings is 2. The second-order valence-electron chi connectivity index (χ2n) is 6.09. The number of nitrogens with zero attached hydrogens (tertiary/aromatic N) is 1. The molecule has 1 N–H and O–H groups in total. The topological polar surface area (TPSA) is 49.4 Å². The molecule has 1 aliphatic heterocycles. The van der Waals surface area contributed by atoms with Crippen molar-refractivity contribution < 1.29 is 14.0 Å². The maximum Gasteiger partial charge on any atom is 0.242 e. The molecule has 0 bridgehead atoms. The number of hydrogen-bond acceptors (Lipinski definition) is 3. The summed E-state index contributed by atoms with van der Waals surface area (Å²) in [5.41, 5.74) is 2.62. The highest BCUT2D eigenvalue weighted by molar-refractivity contribution is 8.00. The molecular weight excluding hydrogens is 375 g/mol. The molecule has 136 valence electrons. The Morgan fingerprint density at radius 2 is 2.00 bits per heavy atom. The molecule has 1 fully saturated rings. The third-order valence-electron chi connectivity index (χ3n) is 4.13. The molecule has 0 aliphatic carbocycles. The molecule has 1 aliphatic rings. The molecule has 2 amide bonds. The number of amides is 2. The van der Waals surface area contributed by atoms with Gasteiger partial charge in [0.1, 0.15) is 16.6 Å². The molecule has 2 unspecified atom stereocenters. The van der Waals surface area contributed by atoms with E-state index in [1.165, 1.54) is 17.8 Å². The van der Waals surface area contributed by atoms with E-state index in [0.29, 0.717) is 22.7 Å². The van der Waals surface area contributed by atoms with Gasteiger partial charge in [-0.1, -0.05) is 18.2 Å². The number of alkyl halides is 1. The fourth-order valence-electron chi connectivity index (χ4n) is 2.65. The second kappa shape index (κ2) is 7.68. The Labute approximate surface area is 160 Å². The Bertz CT molecular complexity index is 842. The molecule has 1 heterocycles. The first-order valence-corrected chi connectivity index (χ1v) is 9.60. The number of thioether (sulfide) groups is 1. The fourth-order valence-corrected chi connectivity index (χ4v) is 3.89. The van der Waals surface area contributed by atoms with Crippen molar-refractivity contribution in [3.63, 3.8) is 0 Å². The van der Waals surface area contributed by atoms with Crippen LogP contribution < -0.4 is 10.2 Å². The summed E-state index contributed by atoms with van der Waals surface area (Å²) in [5.74, 6) is -0.333. The Morgan fingerprint density at radius 3 is 2.62 bits per heavy atom. The van der Waals surface area contributed by atoms with Crippen LogP contribution in [0.15, 0.2) is 42.5 Å². The van der Waals surface area contributed by atoms with Crippen LogP contribution in [0.1, 0.15) is 23.4 Å².